The van der Waals surface area contributed by atoms with Gasteiger partial charge >= 0.3 is 5.97 Å². The lowest BCUT2D eigenvalue weighted by Gasteiger charge is -2.10. The molecule has 0 aliphatic carbocycles. The van der Waals surface area contributed by atoms with Crippen LogP contribution >= 0.6 is 0 Å². The van der Waals surface area contributed by atoms with Gasteiger partial charge in [0.15, 0.2) is 0 Å². The fraction of sp³-hybridized carbons (Fsp3) is 0.0667. The number of hydrogen-bond acceptors (Lipinski definition) is 4. The Labute approximate surface area is 129 Å². The van der Waals surface area contributed by atoms with Gasteiger partial charge in [0.2, 0.25) is 0 Å². The zero-order chi connectivity index (χ0) is 17.1. The lowest BCUT2D eigenvalue weighted by atomic mass is 10.1. The largest absolute Gasteiger partial charge is 0.478 e. The number of carboxylic acid groups (broad SMARTS) is 1. The van der Waals surface area contributed by atoms with Crippen molar-refractivity contribution in [1.82, 2.24) is 0 Å². The molecule has 23 heavy (non-hydrogen) atoms. The molecule has 7 nitrogen and oxygen atoms in total. The molecule has 118 valence electrons. The van der Waals surface area contributed by atoms with Crippen molar-refractivity contribution in [3.63, 3.8) is 0 Å². The van der Waals surface area contributed by atoms with Crippen LogP contribution in [0.2, 0.25) is 0 Å². The summed E-state index contributed by atoms with van der Waals surface area (Å²) in [5, 5.41) is 22.2. The van der Waals surface area contributed by atoms with Crippen LogP contribution in [0.15, 0.2) is 36.4 Å². The second-order valence-electron chi connectivity index (χ2n) is 4.71. The molecule has 0 aliphatic heterocycles. The Bertz CT molecular complexity index is 820. The summed E-state index contributed by atoms with van der Waals surface area (Å²) < 4.78 is 13.3. The number of nitro groups is 1. The van der Waals surface area contributed by atoms with Gasteiger partial charge in [0, 0.05) is 11.8 Å². The zero-order valence-electron chi connectivity index (χ0n) is 11.9. The summed E-state index contributed by atoms with van der Waals surface area (Å²) in [4.78, 5) is 33.3. The van der Waals surface area contributed by atoms with Crippen LogP contribution < -0.4 is 5.32 Å². The zero-order valence-corrected chi connectivity index (χ0v) is 11.9. The average Bonchev–Trinajstić information content (AvgIpc) is 2.48. The molecule has 0 saturated heterocycles. The van der Waals surface area contributed by atoms with E-state index < -0.39 is 33.9 Å². The van der Waals surface area contributed by atoms with Gasteiger partial charge in [0.25, 0.3) is 11.6 Å². The molecule has 0 atom stereocenters. The van der Waals surface area contributed by atoms with E-state index in [2.05, 4.69) is 5.32 Å². The Morgan fingerprint density at radius 1 is 1.22 bits per heavy atom. The number of benzene rings is 2. The second kappa shape index (κ2) is 6.22. The summed E-state index contributed by atoms with van der Waals surface area (Å²) in [5.41, 5.74) is -0.318. The third kappa shape index (κ3) is 3.49. The molecule has 0 aromatic heterocycles. The summed E-state index contributed by atoms with van der Waals surface area (Å²) in [7, 11) is 0. The van der Waals surface area contributed by atoms with Gasteiger partial charge in [-0.3, -0.25) is 14.9 Å². The van der Waals surface area contributed by atoms with Crippen LogP contribution in [0, 0.1) is 22.9 Å². The number of hydrogen-bond donors (Lipinski definition) is 2. The summed E-state index contributed by atoms with van der Waals surface area (Å²) in [6.07, 6.45) is 0. The van der Waals surface area contributed by atoms with Gasteiger partial charge in [-0.05, 0) is 36.8 Å². The minimum absolute atomic E-state index is 0.0559. The topological polar surface area (TPSA) is 110 Å². The maximum atomic E-state index is 13.3. The number of anilines is 1. The third-order valence-electron chi connectivity index (χ3n) is 3.13. The molecule has 2 aromatic rings. The standard InChI is InChI=1S/C15H11FN2O5/c1-8-2-3-9(15(20)21)6-12(8)17-14(19)11-7-10(16)4-5-13(11)18(22)23/h2-7H,1H3,(H,17,19)(H,20,21). The van der Waals surface area contributed by atoms with Crippen LogP contribution in [0.25, 0.3) is 0 Å². The maximum absolute atomic E-state index is 13.3. The van der Waals surface area contributed by atoms with E-state index in [1.807, 2.05) is 0 Å². The van der Waals surface area contributed by atoms with Crippen molar-refractivity contribution in [3.05, 3.63) is 69.0 Å². The van der Waals surface area contributed by atoms with E-state index in [1.165, 1.54) is 18.2 Å². The van der Waals surface area contributed by atoms with E-state index in [0.717, 1.165) is 18.2 Å². The molecule has 0 unspecified atom stereocenters. The molecule has 0 heterocycles. The molecular weight excluding hydrogens is 307 g/mol. The molecule has 2 rings (SSSR count). The number of halogens is 1. The van der Waals surface area contributed by atoms with Crippen molar-refractivity contribution >= 4 is 23.3 Å². The second-order valence-corrected chi connectivity index (χ2v) is 4.71. The molecule has 0 spiro atoms. The number of aromatic carboxylic acids is 1. The lowest BCUT2D eigenvalue weighted by Crippen LogP contribution is -2.15. The van der Waals surface area contributed by atoms with Crippen LogP contribution in [0.5, 0.6) is 0 Å². The number of amides is 1. The molecular formula is C15H11FN2O5. The predicted octanol–water partition coefficient (Wildman–Crippen LogP) is 2.99. The fourth-order valence-corrected chi connectivity index (χ4v) is 1.93. The maximum Gasteiger partial charge on any atom is 0.335 e. The van der Waals surface area contributed by atoms with Gasteiger partial charge in [-0.2, -0.15) is 0 Å². The van der Waals surface area contributed by atoms with E-state index >= 15 is 0 Å². The van der Waals surface area contributed by atoms with E-state index in [4.69, 9.17) is 5.11 Å². The highest BCUT2D eigenvalue weighted by molar-refractivity contribution is 6.07. The molecule has 0 bridgehead atoms. The summed E-state index contributed by atoms with van der Waals surface area (Å²) in [6, 6.07) is 6.59. The number of rotatable bonds is 4. The fourth-order valence-electron chi connectivity index (χ4n) is 1.93. The molecule has 0 radical (unpaired) electrons. The number of carboxylic acids is 1. The van der Waals surface area contributed by atoms with Crippen molar-refractivity contribution in [2.75, 3.05) is 5.32 Å². The highest BCUT2D eigenvalue weighted by Crippen LogP contribution is 2.23. The van der Waals surface area contributed by atoms with Crippen LogP contribution in [-0.4, -0.2) is 21.9 Å². The van der Waals surface area contributed by atoms with E-state index in [1.54, 1.807) is 6.92 Å². The van der Waals surface area contributed by atoms with Gasteiger partial charge in [-0.15, -0.1) is 0 Å². The lowest BCUT2D eigenvalue weighted by molar-refractivity contribution is -0.385. The molecule has 2 N–H and O–H groups in total. The normalized spacial score (nSPS) is 10.2. The smallest absolute Gasteiger partial charge is 0.335 e. The first-order chi connectivity index (χ1) is 10.8. The summed E-state index contributed by atoms with van der Waals surface area (Å²) >= 11 is 0. The number of carbonyl (C=O) groups is 2. The third-order valence-corrected chi connectivity index (χ3v) is 3.13. The van der Waals surface area contributed by atoms with Crippen LogP contribution in [0.1, 0.15) is 26.3 Å². The molecule has 1 amide bonds. The SMILES string of the molecule is Cc1ccc(C(=O)O)cc1NC(=O)c1cc(F)ccc1[N+](=O)[O-]. The molecule has 0 fully saturated rings. The first-order valence-corrected chi connectivity index (χ1v) is 6.39. The van der Waals surface area contributed by atoms with Crippen molar-refractivity contribution in [2.45, 2.75) is 6.92 Å². The first-order valence-electron chi connectivity index (χ1n) is 6.39. The molecule has 8 heteroatoms. The number of nitrogens with zero attached hydrogens (tertiary/aromatic N) is 1. The first kappa shape index (κ1) is 16.1. The Balaban J connectivity index is 2.40. The van der Waals surface area contributed by atoms with Crippen LogP contribution in [0.4, 0.5) is 15.8 Å². The van der Waals surface area contributed by atoms with E-state index in [-0.39, 0.29) is 11.3 Å². The van der Waals surface area contributed by atoms with Gasteiger partial charge in [-0.25, -0.2) is 9.18 Å². The predicted molar refractivity (Wildman–Crippen MR) is 79.1 cm³/mol. The molecule has 2 aromatic carbocycles. The van der Waals surface area contributed by atoms with Crippen molar-refractivity contribution in [3.8, 4) is 0 Å². The Hall–Kier alpha value is -3.29. The van der Waals surface area contributed by atoms with Gasteiger partial charge in [0.1, 0.15) is 11.4 Å². The van der Waals surface area contributed by atoms with Crippen molar-refractivity contribution in [2.24, 2.45) is 0 Å². The monoisotopic (exact) mass is 318 g/mol. The Morgan fingerprint density at radius 3 is 2.52 bits per heavy atom. The Morgan fingerprint density at radius 2 is 1.91 bits per heavy atom. The minimum atomic E-state index is -1.18. The van der Waals surface area contributed by atoms with E-state index in [9.17, 15) is 24.1 Å². The summed E-state index contributed by atoms with van der Waals surface area (Å²) in [5.74, 6) is -2.88. The van der Waals surface area contributed by atoms with E-state index in [0.29, 0.717) is 5.56 Å². The highest BCUT2D eigenvalue weighted by atomic mass is 19.1. The van der Waals surface area contributed by atoms with Gasteiger partial charge in [-0.1, -0.05) is 6.07 Å². The van der Waals surface area contributed by atoms with Gasteiger partial charge < -0.3 is 10.4 Å². The highest BCUT2D eigenvalue weighted by Gasteiger charge is 2.21. The van der Waals surface area contributed by atoms with Gasteiger partial charge in [0.05, 0.1) is 10.5 Å². The summed E-state index contributed by atoms with van der Waals surface area (Å²) in [6.45, 7) is 1.63. The molecule has 0 saturated carbocycles. The molecule has 0 aliphatic rings. The van der Waals surface area contributed by atoms with Crippen molar-refractivity contribution in [1.29, 1.82) is 0 Å². The van der Waals surface area contributed by atoms with Crippen molar-refractivity contribution < 1.29 is 24.0 Å². The number of nitrogens with one attached hydrogen (secondary N) is 1. The quantitative estimate of drug-likeness (QED) is 0.665. The number of nitro benzene ring substituents is 1. The number of aryl methyl sites for hydroxylation is 1. The van der Waals surface area contributed by atoms with Crippen LogP contribution in [-0.2, 0) is 0 Å². The Kier molecular flexibility index (Phi) is 4.35. The average molecular weight is 318 g/mol. The number of carbonyl (C=O) groups excluding carboxylic acids is 1. The van der Waals surface area contributed by atoms with Crippen LogP contribution in [0.3, 0.4) is 0 Å². The minimum Gasteiger partial charge on any atom is -0.478 e.